The Labute approximate surface area is 116 Å². The van der Waals surface area contributed by atoms with Crippen molar-refractivity contribution < 1.29 is 9.90 Å². The smallest absolute Gasteiger partial charge is 0.321 e. The minimum absolute atomic E-state index is 0.200. The number of hydrogen-bond acceptors (Lipinski definition) is 2. The van der Waals surface area contributed by atoms with Crippen molar-refractivity contribution in [3.63, 3.8) is 0 Å². The molecule has 3 aliphatic rings. The molecule has 0 spiro atoms. The van der Waals surface area contributed by atoms with Gasteiger partial charge in [-0.1, -0.05) is 27.2 Å². The van der Waals surface area contributed by atoms with Gasteiger partial charge in [0.25, 0.3) is 0 Å². The quantitative estimate of drug-likeness (QED) is 0.834. The van der Waals surface area contributed by atoms with Crippen molar-refractivity contribution in [2.45, 2.75) is 65.0 Å². The lowest BCUT2D eigenvalue weighted by Gasteiger charge is -2.33. The van der Waals surface area contributed by atoms with E-state index < -0.39 is 5.97 Å². The molecular formula is C16H27NO2. The normalized spacial score (nSPS) is 45.5. The van der Waals surface area contributed by atoms with Gasteiger partial charge in [0, 0.05) is 12.6 Å². The Morgan fingerprint density at radius 1 is 1.26 bits per heavy atom. The molecule has 3 fully saturated rings. The molecule has 0 aromatic rings. The molecule has 3 nitrogen and oxygen atoms in total. The van der Waals surface area contributed by atoms with Crippen molar-refractivity contribution in [1.82, 2.24) is 4.90 Å². The number of carbonyl (C=O) groups is 1. The van der Waals surface area contributed by atoms with Crippen LogP contribution < -0.4 is 0 Å². The zero-order valence-corrected chi connectivity index (χ0v) is 12.4. The highest BCUT2D eigenvalue weighted by Crippen LogP contribution is 2.49. The van der Waals surface area contributed by atoms with E-state index in [2.05, 4.69) is 25.7 Å². The first-order valence-electron chi connectivity index (χ1n) is 7.87. The largest absolute Gasteiger partial charge is 0.480 e. The lowest BCUT2D eigenvalue weighted by Crippen LogP contribution is -2.46. The van der Waals surface area contributed by atoms with Gasteiger partial charge in [-0.25, -0.2) is 0 Å². The zero-order chi connectivity index (χ0) is 13.8. The third-order valence-corrected chi connectivity index (χ3v) is 5.90. The van der Waals surface area contributed by atoms with Crippen molar-refractivity contribution in [2.24, 2.45) is 23.2 Å². The SMILES string of the molecule is CC1CC(C)(C)CC1N1CC2CCCC2C1C(=O)O. The molecule has 19 heavy (non-hydrogen) atoms. The summed E-state index contributed by atoms with van der Waals surface area (Å²) >= 11 is 0. The summed E-state index contributed by atoms with van der Waals surface area (Å²) in [7, 11) is 0. The second-order valence-electron chi connectivity index (χ2n) is 7.95. The third kappa shape index (κ3) is 2.20. The fourth-order valence-corrected chi connectivity index (χ4v) is 5.31. The van der Waals surface area contributed by atoms with Crippen LogP contribution in [0, 0.1) is 23.2 Å². The Kier molecular flexibility index (Phi) is 3.16. The van der Waals surface area contributed by atoms with Crippen LogP contribution in [-0.2, 0) is 4.79 Å². The van der Waals surface area contributed by atoms with Gasteiger partial charge < -0.3 is 5.11 Å². The molecule has 3 heteroatoms. The fraction of sp³-hybridized carbons (Fsp3) is 0.938. The molecule has 0 aromatic heterocycles. The molecule has 2 saturated carbocycles. The van der Waals surface area contributed by atoms with E-state index in [-0.39, 0.29) is 6.04 Å². The van der Waals surface area contributed by atoms with Crippen molar-refractivity contribution >= 4 is 5.97 Å². The van der Waals surface area contributed by atoms with E-state index in [9.17, 15) is 9.90 Å². The molecule has 1 N–H and O–H groups in total. The summed E-state index contributed by atoms with van der Waals surface area (Å²) in [6.07, 6.45) is 6.00. The van der Waals surface area contributed by atoms with Gasteiger partial charge in [0.1, 0.15) is 6.04 Å². The van der Waals surface area contributed by atoms with Crippen molar-refractivity contribution in [2.75, 3.05) is 6.54 Å². The first-order valence-corrected chi connectivity index (χ1v) is 7.87. The van der Waals surface area contributed by atoms with Crippen LogP contribution in [0.1, 0.15) is 52.9 Å². The maximum Gasteiger partial charge on any atom is 0.321 e. The lowest BCUT2D eigenvalue weighted by molar-refractivity contribution is -0.144. The first kappa shape index (κ1) is 13.4. The second-order valence-corrected chi connectivity index (χ2v) is 7.95. The Bertz CT molecular complexity index is 379. The number of fused-ring (bicyclic) bond motifs is 1. The van der Waals surface area contributed by atoms with E-state index in [0.29, 0.717) is 29.2 Å². The Morgan fingerprint density at radius 2 is 2.00 bits per heavy atom. The molecule has 0 aromatic carbocycles. The number of likely N-dealkylation sites (tertiary alicyclic amines) is 1. The second kappa shape index (κ2) is 4.47. The van der Waals surface area contributed by atoms with Gasteiger partial charge in [-0.3, -0.25) is 9.69 Å². The monoisotopic (exact) mass is 265 g/mol. The van der Waals surface area contributed by atoms with E-state index in [1.54, 1.807) is 0 Å². The summed E-state index contributed by atoms with van der Waals surface area (Å²) in [4.78, 5) is 14.1. The number of aliphatic carboxylic acids is 1. The minimum atomic E-state index is -0.577. The number of rotatable bonds is 2. The summed E-state index contributed by atoms with van der Waals surface area (Å²) in [5.41, 5.74) is 0.380. The van der Waals surface area contributed by atoms with Gasteiger partial charge in [0.15, 0.2) is 0 Å². The van der Waals surface area contributed by atoms with Gasteiger partial charge in [-0.2, -0.15) is 0 Å². The highest BCUT2D eigenvalue weighted by Gasteiger charge is 2.52. The van der Waals surface area contributed by atoms with Crippen molar-refractivity contribution in [3.05, 3.63) is 0 Å². The van der Waals surface area contributed by atoms with E-state index in [0.717, 1.165) is 19.4 Å². The molecule has 5 unspecified atom stereocenters. The predicted molar refractivity (Wildman–Crippen MR) is 74.9 cm³/mol. The highest BCUT2D eigenvalue weighted by atomic mass is 16.4. The predicted octanol–water partition coefficient (Wildman–Crippen LogP) is 3.00. The first-order chi connectivity index (χ1) is 8.89. The Hall–Kier alpha value is -0.570. The molecule has 2 aliphatic carbocycles. The van der Waals surface area contributed by atoms with Crippen molar-refractivity contribution in [1.29, 1.82) is 0 Å². The molecule has 1 saturated heterocycles. The maximum absolute atomic E-state index is 11.7. The molecule has 1 aliphatic heterocycles. The average molecular weight is 265 g/mol. The maximum atomic E-state index is 11.7. The van der Waals surface area contributed by atoms with Crippen LogP contribution in [0.2, 0.25) is 0 Å². The molecule has 5 atom stereocenters. The van der Waals surface area contributed by atoms with Crippen LogP contribution in [-0.4, -0.2) is 34.6 Å². The van der Waals surface area contributed by atoms with Crippen LogP contribution in [0.25, 0.3) is 0 Å². The minimum Gasteiger partial charge on any atom is -0.480 e. The van der Waals surface area contributed by atoms with Gasteiger partial charge >= 0.3 is 5.97 Å². The topological polar surface area (TPSA) is 40.5 Å². The number of hydrogen-bond donors (Lipinski definition) is 1. The van der Waals surface area contributed by atoms with Crippen LogP contribution >= 0.6 is 0 Å². The van der Waals surface area contributed by atoms with E-state index in [1.807, 2.05) is 0 Å². The molecule has 0 amide bonds. The standard InChI is InChI=1S/C16H27NO2/c1-10-7-16(2,3)8-13(10)17-9-11-5-4-6-12(11)14(17)15(18)19/h10-14H,4-9H2,1-3H3,(H,18,19). The molecule has 0 bridgehead atoms. The molecule has 0 radical (unpaired) electrons. The number of nitrogens with zero attached hydrogens (tertiary/aromatic N) is 1. The van der Waals surface area contributed by atoms with E-state index in [1.165, 1.54) is 19.3 Å². The summed E-state index contributed by atoms with van der Waals surface area (Å²) < 4.78 is 0. The third-order valence-electron chi connectivity index (χ3n) is 5.90. The van der Waals surface area contributed by atoms with E-state index >= 15 is 0 Å². The Balaban J connectivity index is 1.82. The average Bonchev–Trinajstić information content (AvgIpc) is 2.88. The lowest BCUT2D eigenvalue weighted by atomic mass is 9.91. The molecule has 1 heterocycles. The number of carboxylic acids is 1. The highest BCUT2D eigenvalue weighted by molar-refractivity contribution is 5.74. The number of carboxylic acid groups (broad SMARTS) is 1. The molecule has 108 valence electrons. The molecular weight excluding hydrogens is 238 g/mol. The van der Waals surface area contributed by atoms with Gasteiger partial charge in [0.2, 0.25) is 0 Å². The van der Waals surface area contributed by atoms with Gasteiger partial charge in [-0.15, -0.1) is 0 Å². The van der Waals surface area contributed by atoms with Crippen LogP contribution in [0.4, 0.5) is 0 Å². The van der Waals surface area contributed by atoms with Crippen LogP contribution in [0.5, 0.6) is 0 Å². The summed E-state index contributed by atoms with van der Waals surface area (Å²) in [6, 6.07) is 0.288. The fourth-order valence-electron chi connectivity index (χ4n) is 5.31. The van der Waals surface area contributed by atoms with E-state index in [4.69, 9.17) is 0 Å². The van der Waals surface area contributed by atoms with Gasteiger partial charge in [-0.05, 0) is 48.9 Å². The summed E-state index contributed by atoms with van der Waals surface area (Å²) in [6.45, 7) is 8.01. The van der Waals surface area contributed by atoms with Crippen molar-refractivity contribution in [3.8, 4) is 0 Å². The molecule has 3 rings (SSSR count). The van der Waals surface area contributed by atoms with Gasteiger partial charge in [0.05, 0.1) is 0 Å². The summed E-state index contributed by atoms with van der Waals surface area (Å²) in [5, 5.41) is 9.67. The van der Waals surface area contributed by atoms with Crippen LogP contribution in [0.3, 0.4) is 0 Å². The zero-order valence-electron chi connectivity index (χ0n) is 12.4. The van der Waals surface area contributed by atoms with Crippen LogP contribution in [0.15, 0.2) is 0 Å². The summed E-state index contributed by atoms with van der Waals surface area (Å²) in [5.74, 6) is 1.13. The Morgan fingerprint density at radius 3 is 2.58 bits per heavy atom.